The number of hydrogen-bond acceptors (Lipinski definition) is 4. The largest absolute Gasteiger partial charge is 0.466 e. The lowest BCUT2D eigenvalue weighted by atomic mass is 9.97. The molecule has 0 saturated carbocycles. The van der Waals surface area contributed by atoms with Gasteiger partial charge in [0.25, 0.3) is 0 Å². The summed E-state index contributed by atoms with van der Waals surface area (Å²) in [6.45, 7) is 9.51. The number of aryl methyl sites for hydroxylation is 1. The van der Waals surface area contributed by atoms with Crippen molar-refractivity contribution in [2.45, 2.75) is 46.7 Å². The number of likely N-dealkylation sites (tertiary alicyclic amines) is 1. The minimum absolute atomic E-state index is 0. The molecule has 0 unspecified atom stereocenters. The molecule has 170 valence electrons. The van der Waals surface area contributed by atoms with E-state index in [0.29, 0.717) is 13.2 Å². The smallest absolute Gasteiger partial charge is 0.309 e. The molecule has 1 saturated heterocycles. The van der Waals surface area contributed by atoms with Crippen LogP contribution >= 0.6 is 24.0 Å². The average molecular weight is 539 g/mol. The molecule has 8 heteroatoms. The second-order valence-electron chi connectivity index (χ2n) is 7.71. The molecular formula is C23H34IN5O2. The van der Waals surface area contributed by atoms with E-state index < -0.39 is 0 Å². The minimum Gasteiger partial charge on any atom is -0.466 e. The first kappa shape index (κ1) is 25.2. The Balaban J connectivity index is 0.00000341. The van der Waals surface area contributed by atoms with Crippen LogP contribution in [0.3, 0.4) is 0 Å². The number of carbonyl (C=O) groups is 1. The molecule has 7 nitrogen and oxygen atoms in total. The predicted octanol–water partition coefficient (Wildman–Crippen LogP) is 3.52. The van der Waals surface area contributed by atoms with Gasteiger partial charge in [0.15, 0.2) is 5.96 Å². The number of carbonyl (C=O) groups excluding carboxylic acids is 1. The highest BCUT2D eigenvalue weighted by Crippen LogP contribution is 2.19. The molecule has 3 rings (SSSR count). The number of benzene rings is 1. The maximum atomic E-state index is 12.0. The van der Waals surface area contributed by atoms with E-state index in [9.17, 15) is 4.79 Å². The average Bonchev–Trinajstić information content (AvgIpc) is 3.02. The first-order valence-corrected chi connectivity index (χ1v) is 10.7. The molecule has 0 radical (unpaired) electrons. The van der Waals surface area contributed by atoms with E-state index in [1.54, 1.807) is 7.05 Å². The number of nitrogens with one attached hydrogen (secondary N) is 1. The Labute approximate surface area is 202 Å². The number of hydrogen-bond donors (Lipinski definition) is 1. The third-order valence-electron chi connectivity index (χ3n) is 5.76. The molecule has 0 spiro atoms. The van der Waals surface area contributed by atoms with Crippen LogP contribution in [-0.4, -0.2) is 53.4 Å². The van der Waals surface area contributed by atoms with E-state index in [4.69, 9.17) is 9.84 Å². The van der Waals surface area contributed by atoms with Crippen molar-refractivity contribution in [3.63, 3.8) is 0 Å². The van der Waals surface area contributed by atoms with Crippen LogP contribution in [-0.2, 0) is 22.6 Å². The Kier molecular flexibility index (Phi) is 9.80. The summed E-state index contributed by atoms with van der Waals surface area (Å²) in [5, 5.41) is 8.23. The lowest BCUT2D eigenvalue weighted by Gasteiger charge is -2.33. The highest BCUT2D eigenvalue weighted by molar-refractivity contribution is 14.0. The molecular weight excluding hydrogens is 505 g/mol. The fraction of sp³-hybridized carbons (Fsp3) is 0.522. The fourth-order valence-corrected chi connectivity index (χ4v) is 3.99. The maximum Gasteiger partial charge on any atom is 0.309 e. The molecule has 0 amide bonds. The Morgan fingerprint density at radius 1 is 1.23 bits per heavy atom. The number of aromatic nitrogens is 2. The number of aliphatic imine (C=N–C) groups is 1. The van der Waals surface area contributed by atoms with Gasteiger partial charge in [-0.2, -0.15) is 5.10 Å². The van der Waals surface area contributed by atoms with Gasteiger partial charge < -0.3 is 15.0 Å². The van der Waals surface area contributed by atoms with E-state index in [2.05, 4.69) is 58.0 Å². The van der Waals surface area contributed by atoms with Gasteiger partial charge in [0.2, 0.25) is 0 Å². The molecule has 1 aromatic heterocycles. The number of piperidine rings is 1. The third-order valence-corrected chi connectivity index (χ3v) is 5.76. The van der Waals surface area contributed by atoms with Gasteiger partial charge in [-0.25, -0.2) is 0 Å². The van der Waals surface area contributed by atoms with Crippen molar-refractivity contribution < 1.29 is 9.53 Å². The van der Waals surface area contributed by atoms with Gasteiger partial charge in [-0.1, -0.05) is 30.3 Å². The minimum atomic E-state index is -0.0721. The summed E-state index contributed by atoms with van der Waals surface area (Å²) < 4.78 is 7.23. The SMILES string of the molecule is CCOC(=O)C1CCN(C(=NC)NCc2c(C)nn(Cc3ccccc3)c2C)CC1.I. The molecule has 0 atom stereocenters. The van der Waals surface area contributed by atoms with Crippen LogP contribution in [0, 0.1) is 19.8 Å². The summed E-state index contributed by atoms with van der Waals surface area (Å²) >= 11 is 0. The summed E-state index contributed by atoms with van der Waals surface area (Å²) in [7, 11) is 1.80. The zero-order chi connectivity index (χ0) is 21.5. The van der Waals surface area contributed by atoms with Gasteiger partial charge in [-0.15, -0.1) is 24.0 Å². The second kappa shape index (κ2) is 12.1. The van der Waals surface area contributed by atoms with E-state index in [0.717, 1.165) is 44.1 Å². The summed E-state index contributed by atoms with van der Waals surface area (Å²) in [4.78, 5) is 18.6. The van der Waals surface area contributed by atoms with Gasteiger partial charge in [-0.05, 0) is 39.2 Å². The van der Waals surface area contributed by atoms with Crippen molar-refractivity contribution in [2.75, 3.05) is 26.7 Å². The lowest BCUT2D eigenvalue weighted by molar-refractivity contribution is -0.149. The van der Waals surface area contributed by atoms with Gasteiger partial charge in [0.05, 0.1) is 24.8 Å². The first-order chi connectivity index (χ1) is 14.5. The number of guanidine groups is 1. The standard InChI is InChI=1S/C23H33N5O2.HI/c1-5-30-22(29)20-11-13-27(14-12-20)23(24-4)25-15-21-17(2)26-28(18(21)3)16-19-9-7-6-8-10-19;/h6-10,20H,5,11-16H2,1-4H3,(H,24,25);1H. The van der Waals surface area contributed by atoms with E-state index in [1.807, 2.05) is 13.0 Å². The summed E-state index contributed by atoms with van der Waals surface area (Å²) in [6, 6.07) is 10.4. The normalized spacial score (nSPS) is 14.8. The van der Waals surface area contributed by atoms with Gasteiger partial charge in [0, 0.05) is 37.9 Å². The number of halogens is 1. The molecule has 1 N–H and O–H groups in total. The summed E-state index contributed by atoms with van der Waals surface area (Å²) in [5.41, 5.74) is 4.64. The Morgan fingerprint density at radius 2 is 1.90 bits per heavy atom. The quantitative estimate of drug-likeness (QED) is 0.263. The monoisotopic (exact) mass is 539 g/mol. The highest BCUT2D eigenvalue weighted by Gasteiger charge is 2.27. The van der Waals surface area contributed by atoms with Gasteiger partial charge in [-0.3, -0.25) is 14.5 Å². The van der Waals surface area contributed by atoms with Crippen LogP contribution in [0.2, 0.25) is 0 Å². The Morgan fingerprint density at radius 3 is 2.52 bits per heavy atom. The maximum absolute atomic E-state index is 12.0. The predicted molar refractivity (Wildman–Crippen MR) is 134 cm³/mol. The molecule has 1 aliphatic rings. The highest BCUT2D eigenvalue weighted by atomic mass is 127. The Hall–Kier alpha value is -2.10. The molecule has 2 aromatic rings. The molecule has 1 fully saturated rings. The third kappa shape index (κ3) is 6.44. The fourth-order valence-electron chi connectivity index (χ4n) is 3.99. The first-order valence-electron chi connectivity index (χ1n) is 10.7. The van der Waals surface area contributed by atoms with Crippen LogP contribution < -0.4 is 5.32 Å². The van der Waals surface area contributed by atoms with Crippen LogP contribution in [0.5, 0.6) is 0 Å². The van der Waals surface area contributed by atoms with E-state index >= 15 is 0 Å². The zero-order valence-electron chi connectivity index (χ0n) is 18.9. The van der Waals surface area contributed by atoms with Crippen LogP contribution in [0.1, 0.15) is 42.3 Å². The zero-order valence-corrected chi connectivity index (χ0v) is 21.3. The molecule has 0 aliphatic carbocycles. The van der Waals surface area contributed by atoms with Gasteiger partial charge in [0.1, 0.15) is 0 Å². The lowest BCUT2D eigenvalue weighted by Crippen LogP contribution is -2.46. The number of rotatable bonds is 6. The van der Waals surface area contributed by atoms with Gasteiger partial charge >= 0.3 is 5.97 Å². The molecule has 2 heterocycles. The molecule has 1 aliphatic heterocycles. The Bertz CT molecular complexity index is 874. The second-order valence-corrected chi connectivity index (χ2v) is 7.71. The van der Waals surface area contributed by atoms with Crippen molar-refractivity contribution in [3.8, 4) is 0 Å². The van der Waals surface area contributed by atoms with E-state index in [-0.39, 0.29) is 35.9 Å². The summed E-state index contributed by atoms with van der Waals surface area (Å²) in [6.07, 6.45) is 1.60. The van der Waals surface area contributed by atoms with Crippen LogP contribution in [0.4, 0.5) is 0 Å². The van der Waals surface area contributed by atoms with Crippen molar-refractivity contribution in [3.05, 3.63) is 52.8 Å². The number of ether oxygens (including phenoxy) is 1. The van der Waals surface area contributed by atoms with Crippen molar-refractivity contribution >= 4 is 35.9 Å². The van der Waals surface area contributed by atoms with Crippen LogP contribution in [0.25, 0.3) is 0 Å². The van der Waals surface area contributed by atoms with E-state index in [1.165, 1.54) is 16.8 Å². The molecule has 1 aromatic carbocycles. The molecule has 31 heavy (non-hydrogen) atoms. The number of nitrogens with zero attached hydrogens (tertiary/aromatic N) is 4. The van der Waals surface area contributed by atoms with Crippen molar-refractivity contribution in [1.29, 1.82) is 0 Å². The molecule has 0 bridgehead atoms. The van der Waals surface area contributed by atoms with Crippen molar-refractivity contribution in [2.24, 2.45) is 10.9 Å². The number of esters is 1. The van der Waals surface area contributed by atoms with Crippen molar-refractivity contribution in [1.82, 2.24) is 20.0 Å². The topological polar surface area (TPSA) is 71.8 Å². The summed E-state index contributed by atoms with van der Waals surface area (Å²) in [5.74, 6) is 0.795. The van der Waals surface area contributed by atoms with Crippen LogP contribution in [0.15, 0.2) is 35.3 Å².